The van der Waals surface area contributed by atoms with E-state index < -0.39 is 21.9 Å². The van der Waals surface area contributed by atoms with Gasteiger partial charge in [0.2, 0.25) is 15.9 Å². The highest BCUT2D eigenvalue weighted by molar-refractivity contribution is 7.89. The van der Waals surface area contributed by atoms with Crippen LogP contribution >= 0.6 is 0 Å². The molecule has 0 aliphatic carbocycles. The summed E-state index contributed by atoms with van der Waals surface area (Å²) in [6, 6.07) is 11.2. The van der Waals surface area contributed by atoms with E-state index in [1.54, 1.807) is 12.1 Å². The molecule has 1 atom stereocenters. The van der Waals surface area contributed by atoms with Gasteiger partial charge < -0.3 is 5.32 Å². The van der Waals surface area contributed by atoms with Crippen molar-refractivity contribution in [2.24, 2.45) is 0 Å². The van der Waals surface area contributed by atoms with E-state index in [2.05, 4.69) is 5.32 Å². The van der Waals surface area contributed by atoms with Crippen LogP contribution in [0.5, 0.6) is 0 Å². The fourth-order valence-electron chi connectivity index (χ4n) is 2.89. The summed E-state index contributed by atoms with van der Waals surface area (Å²) in [5.74, 6) is -0.860. The van der Waals surface area contributed by atoms with Gasteiger partial charge in [0.1, 0.15) is 11.9 Å². The minimum Gasteiger partial charge on any atom is -0.325 e. The summed E-state index contributed by atoms with van der Waals surface area (Å²) in [6.45, 7) is 2.21. The topological polar surface area (TPSA) is 66.5 Å². The highest BCUT2D eigenvalue weighted by Gasteiger charge is 2.39. The number of carbonyl (C=O) groups excluding carboxylic acids is 1. The summed E-state index contributed by atoms with van der Waals surface area (Å²) in [7, 11) is -3.84. The monoisotopic (exact) mass is 362 g/mol. The van der Waals surface area contributed by atoms with E-state index in [4.69, 9.17) is 0 Å². The van der Waals surface area contributed by atoms with Crippen LogP contribution in [0.15, 0.2) is 53.4 Å². The maximum atomic E-state index is 13.1. The van der Waals surface area contributed by atoms with E-state index in [-0.39, 0.29) is 17.3 Å². The smallest absolute Gasteiger partial charge is 0.243 e. The molecule has 0 saturated carbocycles. The molecule has 1 N–H and O–H groups in total. The molecule has 1 saturated heterocycles. The van der Waals surface area contributed by atoms with Crippen LogP contribution < -0.4 is 5.32 Å². The van der Waals surface area contributed by atoms with Gasteiger partial charge in [0.15, 0.2) is 0 Å². The average molecular weight is 362 g/mol. The zero-order valence-corrected chi connectivity index (χ0v) is 14.6. The van der Waals surface area contributed by atoms with E-state index in [0.29, 0.717) is 18.5 Å². The van der Waals surface area contributed by atoms with Gasteiger partial charge in [-0.2, -0.15) is 4.31 Å². The number of anilines is 1. The Morgan fingerprint density at radius 1 is 1.12 bits per heavy atom. The third-order valence-corrected chi connectivity index (χ3v) is 6.17. The Balaban J connectivity index is 1.80. The van der Waals surface area contributed by atoms with E-state index in [9.17, 15) is 17.6 Å². The molecule has 1 aliphatic rings. The molecule has 0 aromatic heterocycles. The molecular weight excluding hydrogens is 343 g/mol. The molecule has 3 rings (SSSR count). The van der Waals surface area contributed by atoms with Crippen LogP contribution in [-0.4, -0.2) is 31.2 Å². The minimum atomic E-state index is -3.84. The first kappa shape index (κ1) is 17.6. The van der Waals surface area contributed by atoms with E-state index >= 15 is 0 Å². The summed E-state index contributed by atoms with van der Waals surface area (Å²) in [5.41, 5.74) is 1.70. The van der Waals surface area contributed by atoms with Crippen molar-refractivity contribution >= 4 is 21.6 Å². The van der Waals surface area contributed by atoms with Gasteiger partial charge in [0.25, 0.3) is 0 Å². The Kier molecular flexibility index (Phi) is 4.87. The molecule has 5 nitrogen and oxygen atoms in total. The standard InChI is InChI=1S/C18H19FN2O3S/c1-13-4-8-15(9-5-13)20-18(22)17-3-2-12-21(17)25(23,24)16-10-6-14(19)7-11-16/h4-11,17H,2-3,12H2,1H3,(H,20,22)/t17-/m1/s1. The lowest BCUT2D eigenvalue weighted by Gasteiger charge is -2.23. The lowest BCUT2D eigenvalue weighted by Crippen LogP contribution is -2.43. The molecule has 1 fully saturated rings. The number of aryl methyl sites for hydroxylation is 1. The summed E-state index contributed by atoms with van der Waals surface area (Å²) in [6.07, 6.45) is 1.06. The third kappa shape index (κ3) is 3.72. The first-order chi connectivity index (χ1) is 11.9. The van der Waals surface area contributed by atoms with Gasteiger partial charge in [-0.1, -0.05) is 17.7 Å². The van der Waals surface area contributed by atoms with Crippen LogP contribution in [0.2, 0.25) is 0 Å². The largest absolute Gasteiger partial charge is 0.325 e. The summed E-state index contributed by atoms with van der Waals surface area (Å²) < 4.78 is 39.8. The predicted octanol–water partition coefficient (Wildman–Crippen LogP) is 2.93. The normalized spacial score (nSPS) is 18.2. The molecular formula is C18H19FN2O3S. The molecule has 132 valence electrons. The second kappa shape index (κ2) is 6.93. The number of hydrogen-bond acceptors (Lipinski definition) is 3. The number of halogens is 1. The van der Waals surface area contributed by atoms with E-state index in [0.717, 1.165) is 17.7 Å². The molecule has 2 aromatic rings. The summed E-state index contributed by atoms with van der Waals surface area (Å²) in [4.78, 5) is 12.6. The van der Waals surface area contributed by atoms with Crippen molar-refractivity contribution in [1.29, 1.82) is 0 Å². The van der Waals surface area contributed by atoms with Gasteiger partial charge in [0, 0.05) is 12.2 Å². The first-order valence-corrected chi connectivity index (χ1v) is 9.47. The lowest BCUT2D eigenvalue weighted by atomic mass is 10.2. The number of nitrogens with one attached hydrogen (secondary N) is 1. The molecule has 0 unspecified atom stereocenters. The zero-order chi connectivity index (χ0) is 18.0. The molecule has 2 aromatic carbocycles. The Morgan fingerprint density at radius 2 is 1.76 bits per heavy atom. The number of benzene rings is 2. The van der Waals surface area contributed by atoms with Crippen molar-refractivity contribution in [3.63, 3.8) is 0 Å². The van der Waals surface area contributed by atoms with Gasteiger partial charge >= 0.3 is 0 Å². The summed E-state index contributed by atoms with van der Waals surface area (Å²) in [5, 5.41) is 2.77. The molecule has 1 aliphatic heterocycles. The lowest BCUT2D eigenvalue weighted by molar-refractivity contribution is -0.119. The second-order valence-corrected chi connectivity index (χ2v) is 7.97. The fourth-order valence-corrected chi connectivity index (χ4v) is 4.55. The maximum absolute atomic E-state index is 13.1. The number of hydrogen-bond donors (Lipinski definition) is 1. The van der Waals surface area contributed by atoms with Crippen LogP contribution in [0.1, 0.15) is 18.4 Å². The van der Waals surface area contributed by atoms with Crippen molar-refractivity contribution in [3.8, 4) is 0 Å². The van der Waals surface area contributed by atoms with Gasteiger partial charge in [-0.25, -0.2) is 12.8 Å². The van der Waals surface area contributed by atoms with Crippen LogP contribution in [0.3, 0.4) is 0 Å². The highest BCUT2D eigenvalue weighted by atomic mass is 32.2. The molecule has 0 bridgehead atoms. The predicted molar refractivity (Wildman–Crippen MR) is 93.1 cm³/mol. The number of rotatable bonds is 4. The van der Waals surface area contributed by atoms with E-state index in [1.807, 2.05) is 19.1 Å². The van der Waals surface area contributed by atoms with Gasteiger partial charge in [-0.05, 0) is 56.2 Å². The Labute approximate surface area is 146 Å². The third-order valence-electron chi connectivity index (χ3n) is 4.25. The van der Waals surface area contributed by atoms with Gasteiger partial charge in [-0.15, -0.1) is 0 Å². The molecule has 0 spiro atoms. The van der Waals surface area contributed by atoms with Gasteiger partial charge in [0.05, 0.1) is 4.90 Å². The summed E-state index contributed by atoms with van der Waals surface area (Å²) >= 11 is 0. The van der Waals surface area contributed by atoms with Crippen LogP contribution in [0, 0.1) is 12.7 Å². The number of carbonyl (C=O) groups is 1. The number of nitrogens with zero attached hydrogens (tertiary/aromatic N) is 1. The first-order valence-electron chi connectivity index (χ1n) is 8.03. The van der Waals surface area contributed by atoms with Crippen molar-refractivity contribution in [3.05, 3.63) is 59.9 Å². The van der Waals surface area contributed by atoms with Crippen LogP contribution in [-0.2, 0) is 14.8 Å². The fraction of sp³-hybridized carbons (Fsp3) is 0.278. The molecule has 1 amide bonds. The number of sulfonamides is 1. The van der Waals surface area contributed by atoms with Crippen LogP contribution in [0.25, 0.3) is 0 Å². The molecule has 25 heavy (non-hydrogen) atoms. The maximum Gasteiger partial charge on any atom is 0.243 e. The molecule has 7 heteroatoms. The van der Waals surface area contributed by atoms with Crippen LogP contribution in [0.4, 0.5) is 10.1 Å². The Morgan fingerprint density at radius 3 is 2.40 bits per heavy atom. The minimum absolute atomic E-state index is 0.0102. The average Bonchev–Trinajstić information content (AvgIpc) is 3.08. The quantitative estimate of drug-likeness (QED) is 0.909. The second-order valence-electron chi connectivity index (χ2n) is 6.08. The number of amides is 1. The van der Waals surface area contributed by atoms with Gasteiger partial charge in [-0.3, -0.25) is 4.79 Å². The molecule has 0 radical (unpaired) electrons. The van der Waals surface area contributed by atoms with E-state index in [1.165, 1.54) is 16.4 Å². The molecule has 1 heterocycles. The Hall–Kier alpha value is -2.25. The zero-order valence-electron chi connectivity index (χ0n) is 13.8. The van der Waals surface area contributed by atoms with Crippen molar-refractivity contribution in [1.82, 2.24) is 4.31 Å². The van der Waals surface area contributed by atoms with Crippen molar-refractivity contribution < 1.29 is 17.6 Å². The SMILES string of the molecule is Cc1ccc(NC(=O)[C@H]2CCCN2S(=O)(=O)c2ccc(F)cc2)cc1. The highest BCUT2D eigenvalue weighted by Crippen LogP contribution is 2.27. The van der Waals surface area contributed by atoms with Crippen molar-refractivity contribution in [2.75, 3.05) is 11.9 Å². The Bertz CT molecular complexity index is 864. The van der Waals surface area contributed by atoms with Crippen molar-refractivity contribution in [2.45, 2.75) is 30.7 Å².